The minimum Gasteiger partial charge on any atom is -1.00 e. The quantitative estimate of drug-likeness (QED) is 0.114. The van der Waals surface area contributed by atoms with E-state index in [4.69, 9.17) is 37.3 Å². The summed E-state index contributed by atoms with van der Waals surface area (Å²) in [7, 11) is -9.89. The van der Waals surface area contributed by atoms with Gasteiger partial charge >= 0.3 is 33.0 Å². The number of hydrogen-bond acceptors (Lipinski definition) is 18. The monoisotopic (exact) mass is 828 g/mol. The molecule has 0 aliphatic carbocycles. The van der Waals surface area contributed by atoms with Gasteiger partial charge in [0.25, 0.3) is 0 Å². The molecule has 4 bridgehead atoms. The number of hydrogen-bond donors (Lipinski definition) is 8. The first-order chi connectivity index (χ1) is 19.7. The second-order valence-electron chi connectivity index (χ2n) is 8.58. The SMILES string of the molecule is Oc1cc2nc(c1)CNCCNCCNC2.Oc1cc2nc(c1)CNCCNCCNC2.[Cl-].[Cl-].[Ni+2].[Ni+2].[O-][Cl+3]([O-])([O-])[O-].[O-][Cl+3]([O-])([O-])[O-]. The van der Waals surface area contributed by atoms with E-state index < -0.39 is 20.5 Å². The van der Waals surface area contributed by atoms with Gasteiger partial charge in [-0.25, -0.2) is 37.3 Å². The summed E-state index contributed by atoms with van der Waals surface area (Å²) >= 11 is 0. The van der Waals surface area contributed by atoms with Crippen LogP contribution < -0.4 is 94.0 Å². The predicted octanol–water partition coefficient (Wildman–Crippen LogP) is -16.4. The number of rotatable bonds is 0. The van der Waals surface area contributed by atoms with Gasteiger partial charge in [0.2, 0.25) is 0 Å². The van der Waals surface area contributed by atoms with Crippen LogP contribution in [0.2, 0.25) is 0 Å². The Balaban J connectivity index is -0.000000279. The maximum atomic E-state index is 9.56. The number of aromatic hydroxyl groups is 2. The number of nitrogens with one attached hydrogen (secondary N) is 6. The maximum absolute atomic E-state index is 9.56. The third kappa shape index (κ3) is 34.8. The minimum absolute atomic E-state index is 0. The third-order valence-corrected chi connectivity index (χ3v) is 4.97. The zero-order valence-electron chi connectivity index (χ0n) is 24.0. The summed E-state index contributed by atoms with van der Waals surface area (Å²) in [6, 6.07) is 6.82. The Labute approximate surface area is 303 Å². The molecule has 24 heteroatoms. The van der Waals surface area contributed by atoms with E-state index >= 15 is 0 Å². The minimum atomic E-state index is -4.94. The van der Waals surface area contributed by atoms with Gasteiger partial charge in [-0.15, -0.1) is 20.5 Å². The van der Waals surface area contributed by atoms with Crippen LogP contribution in [0.5, 0.6) is 11.5 Å². The molecule has 0 fully saturated rings. The van der Waals surface area contributed by atoms with Crippen LogP contribution in [0.1, 0.15) is 22.8 Å². The first-order valence-corrected chi connectivity index (χ1v) is 15.0. The first kappa shape index (κ1) is 52.3. The summed E-state index contributed by atoms with van der Waals surface area (Å²) in [5.41, 5.74) is 3.55. The van der Waals surface area contributed by atoms with E-state index in [1.165, 1.54) is 0 Å². The zero-order valence-corrected chi connectivity index (χ0v) is 29.0. The van der Waals surface area contributed by atoms with Crippen molar-refractivity contribution in [1.29, 1.82) is 0 Å². The van der Waals surface area contributed by atoms with E-state index in [-0.39, 0.29) is 57.8 Å². The van der Waals surface area contributed by atoms with Crippen LogP contribution in [-0.4, -0.2) is 72.5 Å². The zero-order chi connectivity index (χ0) is 31.4. The Bertz CT molecular complexity index is 890. The van der Waals surface area contributed by atoms with Crippen molar-refractivity contribution in [3.05, 3.63) is 47.0 Å². The average molecular weight is 832 g/mol. The summed E-state index contributed by atoms with van der Waals surface area (Å²) in [5.74, 6) is 0.581. The summed E-state index contributed by atoms with van der Waals surface area (Å²) in [6.07, 6.45) is 0. The molecule has 0 atom stereocenters. The van der Waals surface area contributed by atoms with Crippen molar-refractivity contribution in [2.45, 2.75) is 26.2 Å². The molecule has 46 heavy (non-hydrogen) atoms. The second kappa shape index (κ2) is 29.4. The molecule has 0 saturated heterocycles. The molecule has 2 aromatic rings. The van der Waals surface area contributed by atoms with E-state index in [2.05, 4.69) is 41.9 Å². The molecule has 0 saturated carbocycles. The number of nitrogens with zero attached hydrogens (tertiary/aromatic N) is 2. The van der Waals surface area contributed by atoms with E-state index in [0.717, 1.165) is 75.1 Å². The first-order valence-electron chi connectivity index (χ1n) is 12.5. The maximum Gasteiger partial charge on any atom is 2.00 e. The Kier molecular flexibility index (Phi) is 33.4. The molecular formula is C22H36Cl4N8Ni2O10. The molecule has 2 aliphatic rings. The fraction of sp³-hybridized carbons (Fsp3) is 0.545. The van der Waals surface area contributed by atoms with Crippen LogP contribution in [0.3, 0.4) is 0 Å². The van der Waals surface area contributed by atoms with Crippen molar-refractivity contribution in [3.63, 3.8) is 0 Å². The topological polar surface area (TPSA) is 323 Å². The van der Waals surface area contributed by atoms with Crippen LogP contribution >= 0.6 is 0 Å². The summed E-state index contributed by atoms with van der Waals surface area (Å²) in [4.78, 5) is 8.92. The summed E-state index contributed by atoms with van der Waals surface area (Å²) < 4.78 is 67.9. The van der Waals surface area contributed by atoms with Crippen molar-refractivity contribution in [2.24, 2.45) is 0 Å². The van der Waals surface area contributed by atoms with Gasteiger partial charge in [-0.3, -0.25) is 9.97 Å². The number of aromatic nitrogens is 2. The molecule has 8 N–H and O–H groups in total. The molecule has 0 spiro atoms. The van der Waals surface area contributed by atoms with Crippen LogP contribution in [0.4, 0.5) is 0 Å². The number of fused-ring (bicyclic) bond motifs is 4. The third-order valence-electron chi connectivity index (χ3n) is 4.97. The summed E-state index contributed by atoms with van der Waals surface area (Å²) in [6.45, 7) is 10.2. The number of halogens is 4. The molecule has 0 unspecified atom stereocenters. The van der Waals surface area contributed by atoms with E-state index in [0.29, 0.717) is 37.7 Å². The van der Waals surface area contributed by atoms with Gasteiger partial charge in [0.05, 0.1) is 22.8 Å². The van der Waals surface area contributed by atoms with Crippen molar-refractivity contribution in [2.75, 3.05) is 52.4 Å². The van der Waals surface area contributed by atoms with E-state index in [1.807, 2.05) is 0 Å². The molecule has 4 rings (SSSR count). The Morgan fingerprint density at radius 2 is 0.609 bits per heavy atom. The standard InChI is InChI=1S/2C11H18N4O.2ClHO4.2ClH.2Ni/c2*16-11-5-9-7-13-3-1-12-2-4-14-8-10(6-11)15-9;2*2-1(3,4)5;;;;/h2*5-6,12-14H,1-4,7-8H2,(H,15,16);2*(H,2,3,4,5);2*1H;;/q;;;;;;2*+2/p-4. The van der Waals surface area contributed by atoms with E-state index in [1.54, 1.807) is 24.3 Å². The van der Waals surface area contributed by atoms with Gasteiger partial charge in [0.15, 0.2) is 0 Å². The molecule has 18 nitrogen and oxygen atoms in total. The van der Waals surface area contributed by atoms with Crippen molar-refractivity contribution in [1.82, 2.24) is 41.9 Å². The van der Waals surface area contributed by atoms with Crippen LogP contribution in [-0.2, 0) is 59.2 Å². The fourth-order valence-corrected chi connectivity index (χ4v) is 3.45. The molecule has 272 valence electrons. The summed E-state index contributed by atoms with van der Waals surface area (Å²) in [5, 5.41) is 38.9. The van der Waals surface area contributed by atoms with Crippen molar-refractivity contribution >= 4 is 0 Å². The molecule has 2 aliphatic heterocycles. The Morgan fingerprint density at radius 1 is 0.435 bits per heavy atom. The van der Waals surface area contributed by atoms with Gasteiger partial charge in [-0.05, 0) is 0 Å². The fourth-order valence-electron chi connectivity index (χ4n) is 3.45. The molecule has 0 aromatic carbocycles. The predicted molar refractivity (Wildman–Crippen MR) is 124 cm³/mol. The second-order valence-corrected chi connectivity index (χ2v) is 10.1. The van der Waals surface area contributed by atoms with Gasteiger partial charge in [0, 0.05) is 103 Å². The van der Waals surface area contributed by atoms with Crippen LogP contribution in [0, 0.1) is 20.5 Å². The molecule has 0 amide bonds. The van der Waals surface area contributed by atoms with Gasteiger partial charge in [-0.2, -0.15) is 0 Å². The van der Waals surface area contributed by atoms with Crippen molar-refractivity contribution in [3.8, 4) is 11.5 Å². The van der Waals surface area contributed by atoms with E-state index in [9.17, 15) is 10.2 Å². The largest absolute Gasteiger partial charge is 2.00 e. The Hall–Kier alpha value is -0.513. The molecule has 4 heterocycles. The van der Waals surface area contributed by atoms with Crippen LogP contribution in [0.15, 0.2) is 24.3 Å². The molecule has 2 aromatic heterocycles. The Morgan fingerprint density at radius 3 is 0.804 bits per heavy atom. The average Bonchev–Trinajstić information content (AvgIpc) is 2.83. The molecular weight excluding hydrogens is 795 g/mol. The van der Waals surface area contributed by atoms with Gasteiger partial charge < -0.3 is 66.9 Å². The van der Waals surface area contributed by atoms with Gasteiger partial charge in [0.1, 0.15) is 11.5 Å². The van der Waals surface area contributed by atoms with Crippen LogP contribution in [0.25, 0.3) is 0 Å². The number of pyridine rings is 2. The van der Waals surface area contributed by atoms with Gasteiger partial charge in [-0.1, -0.05) is 0 Å². The normalized spacial score (nSPS) is 15.5. The molecule has 0 radical (unpaired) electrons. The smallest absolute Gasteiger partial charge is 1.00 e. The van der Waals surface area contributed by atoms with Crippen molar-refractivity contribution < 1.29 is 126 Å².